The van der Waals surface area contributed by atoms with Gasteiger partial charge in [0.15, 0.2) is 0 Å². The molecule has 1 aliphatic carbocycles. The molecule has 2 rings (SSSR count). The van der Waals surface area contributed by atoms with Gasteiger partial charge in [-0.05, 0) is 31.2 Å². The van der Waals surface area contributed by atoms with E-state index >= 15 is 0 Å². The fourth-order valence-electron chi connectivity index (χ4n) is 2.62. The Bertz CT molecular complexity index is 308. The van der Waals surface area contributed by atoms with Crippen molar-refractivity contribution in [1.29, 1.82) is 0 Å². The molecule has 1 saturated heterocycles. The van der Waals surface area contributed by atoms with Crippen molar-refractivity contribution in [1.82, 2.24) is 4.31 Å². The number of nitrogens with zero attached hydrogens (tertiary/aromatic N) is 1. The molecule has 7 heteroatoms. The molecule has 0 spiro atoms. The van der Waals surface area contributed by atoms with Gasteiger partial charge in [-0.2, -0.15) is 12.7 Å². The molecule has 0 amide bonds. The number of hydrogen-bond acceptors (Lipinski definition) is 3. The monoisotopic (exact) mass is 241 g/mol. The molecule has 0 aromatic rings. The van der Waals surface area contributed by atoms with Crippen molar-refractivity contribution >= 4 is 22.6 Å². The summed E-state index contributed by atoms with van der Waals surface area (Å²) in [6.07, 6.45) is 1.83. The maximum Gasteiger partial charge on any atom is 0.277 e. The summed E-state index contributed by atoms with van der Waals surface area (Å²) in [6, 6.07) is 0.119. The van der Waals surface area contributed by atoms with Crippen molar-refractivity contribution in [2.24, 2.45) is 22.7 Å². The zero-order valence-corrected chi connectivity index (χ0v) is 9.43. The molecule has 0 aromatic carbocycles. The van der Waals surface area contributed by atoms with Crippen LogP contribution in [0, 0.1) is 11.8 Å². The lowest BCUT2D eigenvalue weighted by Crippen LogP contribution is -2.44. The van der Waals surface area contributed by atoms with E-state index in [2.05, 4.69) is 0 Å². The van der Waals surface area contributed by atoms with Crippen LogP contribution in [0.15, 0.2) is 0 Å². The molecular weight excluding hydrogens is 226 g/mol. The summed E-state index contributed by atoms with van der Waals surface area (Å²) in [4.78, 5) is 0. The predicted octanol–water partition coefficient (Wildman–Crippen LogP) is -0.719. The number of nitrogens with two attached hydrogens (primary N) is 2. The highest BCUT2D eigenvalue weighted by atomic mass is 35.5. The highest BCUT2D eigenvalue weighted by Gasteiger charge is 2.47. The minimum atomic E-state index is -3.47. The Morgan fingerprint density at radius 2 is 2.00 bits per heavy atom. The van der Waals surface area contributed by atoms with Crippen LogP contribution in [0.2, 0.25) is 0 Å². The van der Waals surface area contributed by atoms with E-state index in [9.17, 15) is 8.42 Å². The number of hydrogen-bond donors (Lipinski definition) is 2. The molecule has 0 radical (unpaired) electrons. The zero-order valence-electron chi connectivity index (χ0n) is 7.80. The van der Waals surface area contributed by atoms with Crippen molar-refractivity contribution in [3.63, 3.8) is 0 Å². The molecule has 1 heterocycles. The second-order valence-electron chi connectivity index (χ2n) is 4.00. The summed E-state index contributed by atoms with van der Waals surface area (Å²) in [5, 5.41) is 5.08. The first-order chi connectivity index (χ1) is 6.02. The third-order valence-corrected chi connectivity index (χ3v) is 4.37. The van der Waals surface area contributed by atoms with Gasteiger partial charge in [-0.15, -0.1) is 12.4 Å². The van der Waals surface area contributed by atoms with Gasteiger partial charge >= 0.3 is 0 Å². The number of rotatable bonds is 2. The van der Waals surface area contributed by atoms with E-state index < -0.39 is 10.2 Å². The molecule has 4 N–H and O–H groups in total. The highest BCUT2D eigenvalue weighted by molar-refractivity contribution is 7.86. The standard InChI is InChI=1S/C7H15N3O2S.ClH/c8-3-5-1-7-2-6(5)4-10(7)13(9,11)12;/h5-7H,1-4,8H2,(H2,9,11,12);1H/t5-,6-,7+;/m0./s1. The van der Waals surface area contributed by atoms with Crippen LogP contribution in [0.4, 0.5) is 0 Å². The van der Waals surface area contributed by atoms with Crippen molar-refractivity contribution < 1.29 is 8.42 Å². The maximum atomic E-state index is 11.1. The lowest BCUT2D eigenvalue weighted by molar-refractivity contribution is 0.268. The molecule has 5 nitrogen and oxygen atoms in total. The predicted molar refractivity (Wildman–Crippen MR) is 56.1 cm³/mol. The molecule has 1 saturated carbocycles. The first-order valence-corrected chi connectivity index (χ1v) is 6.02. The molecule has 3 atom stereocenters. The lowest BCUT2D eigenvalue weighted by atomic mass is 9.96. The van der Waals surface area contributed by atoms with E-state index in [-0.39, 0.29) is 18.4 Å². The van der Waals surface area contributed by atoms with Gasteiger partial charge in [0.05, 0.1) is 0 Å². The van der Waals surface area contributed by atoms with Crippen molar-refractivity contribution in [2.75, 3.05) is 13.1 Å². The van der Waals surface area contributed by atoms with Gasteiger partial charge in [-0.1, -0.05) is 0 Å². The third kappa shape index (κ3) is 1.90. The van der Waals surface area contributed by atoms with Crippen LogP contribution in [-0.4, -0.2) is 31.9 Å². The van der Waals surface area contributed by atoms with E-state index in [0.29, 0.717) is 24.9 Å². The Morgan fingerprint density at radius 3 is 2.36 bits per heavy atom. The van der Waals surface area contributed by atoms with Crippen LogP contribution in [0.1, 0.15) is 12.8 Å². The SMILES string of the molecule is Cl.NC[C@@H]1C[C@@H]2C[C@H]1CN2S(N)(=O)=O. The lowest BCUT2D eigenvalue weighted by Gasteiger charge is -2.28. The summed E-state index contributed by atoms with van der Waals surface area (Å²) in [6.45, 7) is 1.24. The molecule has 2 fully saturated rings. The Balaban J connectivity index is 0.000000980. The molecule has 0 unspecified atom stereocenters. The van der Waals surface area contributed by atoms with Crippen molar-refractivity contribution in [3.05, 3.63) is 0 Å². The van der Waals surface area contributed by atoms with Crippen LogP contribution < -0.4 is 10.9 Å². The summed E-state index contributed by atoms with van der Waals surface area (Å²) >= 11 is 0. The van der Waals surface area contributed by atoms with E-state index in [4.69, 9.17) is 10.9 Å². The maximum absolute atomic E-state index is 11.1. The quantitative estimate of drug-likeness (QED) is 0.669. The molecule has 2 bridgehead atoms. The Morgan fingerprint density at radius 1 is 1.36 bits per heavy atom. The van der Waals surface area contributed by atoms with Crippen LogP contribution in [0.3, 0.4) is 0 Å². The van der Waals surface area contributed by atoms with Gasteiger partial charge in [0, 0.05) is 12.6 Å². The molecule has 14 heavy (non-hydrogen) atoms. The first-order valence-electron chi connectivity index (χ1n) is 4.52. The van der Waals surface area contributed by atoms with Crippen LogP contribution in [-0.2, 0) is 10.2 Å². The highest BCUT2D eigenvalue weighted by Crippen LogP contribution is 2.42. The van der Waals surface area contributed by atoms with E-state index in [1.807, 2.05) is 0 Å². The van der Waals surface area contributed by atoms with E-state index in [1.54, 1.807) is 0 Å². The normalized spacial score (nSPS) is 37.1. The fraction of sp³-hybridized carbons (Fsp3) is 1.00. The molecule has 2 aliphatic rings. The topological polar surface area (TPSA) is 89.4 Å². The third-order valence-electron chi connectivity index (χ3n) is 3.27. The molecule has 0 aromatic heterocycles. The summed E-state index contributed by atoms with van der Waals surface area (Å²) in [5.41, 5.74) is 5.58. The smallest absolute Gasteiger partial charge is 0.277 e. The average molecular weight is 242 g/mol. The summed E-state index contributed by atoms with van der Waals surface area (Å²) in [5.74, 6) is 0.941. The van der Waals surface area contributed by atoms with Gasteiger partial charge in [-0.25, -0.2) is 5.14 Å². The van der Waals surface area contributed by atoms with Gasteiger partial charge in [0.25, 0.3) is 10.2 Å². The van der Waals surface area contributed by atoms with Gasteiger partial charge in [0.1, 0.15) is 0 Å². The molecule has 84 valence electrons. The fourth-order valence-corrected chi connectivity index (χ4v) is 3.61. The Labute approximate surface area is 90.4 Å². The molecular formula is C7H16ClN3O2S. The van der Waals surface area contributed by atoms with Crippen molar-refractivity contribution in [3.8, 4) is 0 Å². The van der Waals surface area contributed by atoms with E-state index in [1.165, 1.54) is 4.31 Å². The van der Waals surface area contributed by atoms with Crippen LogP contribution >= 0.6 is 12.4 Å². The van der Waals surface area contributed by atoms with Gasteiger partial charge < -0.3 is 5.73 Å². The number of halogens is 1. The minimum Gasteiger partial charge on any atom is -0.330 e. The Hall–Kier alpha value is 0.120. The average Bonchev–Trinajstić information content (AvgIpc) is 2.59. The number of fused-ring (bicyclic) bond motifs is 2. The zero-order chi connectivity index (χ0) is 9.64. The Kier molecular flexibility index (Phi) is 3.43. The van der Waals surface area contributed by atoms with Crippen LogP contribution in [0.5, 0.6) is 0 Å². The van der Waals surface area contributed by atoms with Crippen LogP contribution in [0.25, 0.3) is 0 Å². The van der Waals surface area contributed by atoms with Crippen molar-refractivity contribution in [2.45, 2.75) is 18.9 Å². The van der Waals surface area contributed by atoms with Gasteiger partial charge in [-0.3, -0.25) is 0 Å². The largest absolute Gasteiger partial charge is 0.330 e. The first kappa shape index (κ1) is 12.2. The minimum absolute atomic E-state index is 0. The second-order valence-corrected chi connectivity index (χ2v) is 5.49. The number of piperidine rings is 1. The summed E-state index contributed by atoms with van der Waals surface area (Å²) in [7, 11) is -3.47. The second kappa shape index (κ2) is 3.94. The molecule has 1 aliphatic heterocycles. The summed E-state index contributed by atoms with van der Waals surface area (Å²) < 4.78 is 23.6. The van der Waals surface area contributed by atoms with E-state index in [0.717, 1.165) is 12.8 Å². The van der Waals surface area contributed by atoms with Gasteiger partial charge in [0.2, 0.25) is 0 Å².